The summed E-state index contributed by atoms with van der Waals surface area (Å²) in [5, 5.41) is 13.9. The maximum absolute atomic E-state index is 10.7. The third-order valence-corrected chi connectivity index (χ3v) is 3.43. The van der Waals surface area contributed by atoms with Gasteiger partial charge in [-0.2, -0.15) is 0 Å². The molecular weight excluding hydrogens is 246 g/mol. The molecule has 0 aliphatic carbocycles. The number of nitrogens with one attached hydrogen (secondary N) is 1. The zero-order valence-electron chi connectivity index (χ0n) is 11.0. The molecule has 19 heavy (non-hydrogen) atoms. The number of nitrogens with zero attached hydrogens (tertiary/aromatic N) is 3. The van der Waals surface area contributed by atoms with E-state index >= 15 is 0 Å². The van der Waals surface area contributed by atoms with Gasteiger partial charge in [0.25, 0.3) is 5.69 Å². The Bertz CT molecular complexity index is 465. The lowest BCUT2D eigenvalue weighted by Crippen LogP contribution is -2.22. The maximum Gasteiger partial charge on any atom is 0.276 e. The van der Waals surface area contributed by atoms with Crippen LogP contribution in [0.2, 0.25) is 0 Å². The lowest BCUT2D eigenvalue weighted by molar-refractivity contribution is -0.384. The molecule has 7 nitrogen and oxygen atoms in total. The summed E-state index contributed by atoms with van der Waals surface area (Å²) in [5.41, 5.74) is 5.53. The third-order valence-electron chi connectivity index (χ3n) is 3.43. The van der Waals surface area contributed by atoms with E-state index < -0.39 is 4.92 Å². The van der Waals surface area contributed by atoms with Gasteiger partial charge >= 0.3 is 0 Å². The zero-order valence-corrected chi connectivity index (χ0v) is 11.0. The Kier molecular flexibility index (Phi) is 4.16. The number of pyridine rings is 1. The van der Waals surface area contributed by atoms with Gasteiger partial charge in [0.2, 0.25) is 0 Å². The minimum Gasteiger partial charge on any atom is -0.383 e. The molecule has 3 N–H and O–H groups in total. The third kappa shape index (κ3) is 3.54. The molecule has 1 aliphatic heterocycles. The van der Waals surface area contributed by atoms with E-state index in [1.807, 2.05) is 0 Å². The fraction of sp³-hybridized carbons (Fsp3) is 0.583. The number of aromatic nitrogens is 1. The molecule has 1 aromatic heterocycles. The molecule has 0 spiro atoms. The van der Waals surface area contributed by atoms with E-state index in [1.165, 1.54) is 12.1 Å². The average molecular weight is 265 g/mol. The van der Waals surface area contributed by atoms with Crippen molar-refractivity contribution < 1.29 is 4.92 Å². The first-order chi connectivity index (χ1) is 9.08. The van der Waals surface area contributed by atoms with Crippen molar-refractivity contribution in [1.82, 2.24) is 9.88 Å². The van der Waals surface area contributed by atoms with E-state index in [4.69, 9.17) is 5.73 Å². The second kappa shape index (κ2) is 5.83. The van der Waals surface area contributed by atoms with E-state index in [2.05, 4.69) is 22.1 Å². The highest BCUT2D eigenvalue weighted by atomic mass is 16.6. The van der Waals surface area contributed by atoms with Crippen LogP contribution in [0.3, 0.4) is 0 Å². The van der Waals surface area contributed by atoms with Crippen LogP contribution in [0.15, 0.2) is 12.1 Å². The van der Waals surface area contributed by atoms with Crippen LogP contribution in [0.25, 0.3) is 0 Å². The fourth-order valence-electron chi connectivity index (χ4n) is 2.35. The normalized spacial score (nSPS) is 19.5. The van der Waals surface area contributed by atoms with Gasteiger partial charge in [0.15, 0.2) is 0 Å². The van der Waals surface area contributed by atoms with Crippen molar-refractivity contribution in [2.45, 2.75) is 13.3 Å². The Morgan fingerprint density at radius 2 is 2.42 bits per heavy atom. The molecule has 1 unspecified atom stereocenters. The smallest absolute Gasteiger partial charge is 0.276 e. The van der Waals surface area contributed by atoms with Gasteiger partial charge in [0, 0.05) is 13.1 Å². The monoisotopic (exact) mass is 265 g/mol. The van der Waals surface area contributed by atoms with E-state index in [1.54, 1.807) is 0 Å². The van der Waals surface area contributed by atoms with Gasteiger partial charge in [0.1, 0.15) is 11.6 Å². The number of nitrogens with two attached hydrogens (primary N) is 1. The highest BCUT2D eigenvalue weighted by Gasteiger charge is 2.21. The second-order valence-electron chi connectivity index (χ2n) is 4.82. The lowest BCUT2D eigenvalue weighted by Gasteiger charge is -2.14. The number of anilines is 2. The summed E-state index contributed by atoms with van der Waals surface area (Å²) in [5.74, 6) is 1.20. The van der Waals surface area contributed by atoms with E-state index in [0.29, 0.717) is 11.7 Å². The summed E-state index contributed by atoms with van der Waals surface area (Å²) in [7, 11) is 0. The molecule has 1 aliphatic rings. The van der Waals surface area contributed by atoms with E-state index in [9.17, 15) is 10.1 Å². The van der Waals surface area contributed by atoms with Crippen LogP contribution in [0.4, 0.5) is 17.3 Å². The molecule has 1 atom stereocenters. The van der Waals surface area contributed by atoms with Gasteiger partial charge in [-0.3, -0.25) is 10.1 Å². The number of nitro groups is 1. The molecule has 0 radical (unpaired) electrons. The molecule has 0 amide bonds. The Hall–Kier alpha value is -1.89. The number of rotatable bonds is 5. The van der Waals surface area contributed by atoms with Crippen LogP contribution in [0.5, 0.6) is 0 Å². The summed E-state index contributed by atoms with van der Waals surface area (Å²) in [6.45, 7) is 6.17. The fourth-order valence-corrected chi connectivity index (χ4v) is 2.35. The topological polar surface area (TPSA) is 97.3 Å². The minimum absolute atomic E-state index is 0.0309. The summed E-state index contributed by atoms with van der Waals surface area (Å²) in [4.78, 5) is 16.7. The van der Waals surface area contributed by atoms with Crippen molar-refractivity contribution in [2.24, 2.45) is 5.92 Å². The first-order valence-corrected chi connectivity index (χ1v) is 6.46. The molecule has 2 heterocycles. The number of hydrogen-bond acceptors (Lipinski definition) is 6. The van der Waals surface area contributed by atoms with Crippen molar-refractivity contribution in [1.29, 1.82) is 0 Å². The van der Waals surface area contributed by atoms with Crippen LogP contribution in [0.1, 0.15) is 13.3 Å². The minimum atomic E-state index is -0.461. The van der Waals surface area contributed by atoms with Gasteiger partial charge in [-0.15, -0.1) is 0 Å². The summed E-state index contributed by atoms with van der Waals surface area (Å²) < 4.78 is 0. The SMILES string of the molecule is CCN1CCC(CNc2cc([N+](=O)[O-])cc(N)n2)C1. The van der Waals surface area contributed by atoms with Crippen LogP contribution in [-0.2, 0) is 0 Å². The largest absolute Gasteiger partial charge is 0.383 e. The van der Waals surface area contributed by atoms with Crippen molar-refractivity contribution >= 4 is 17.3 Å². The number of hydrogen-bond donors (Lipinski definition) is 2. The van der Waals surface area contributed by atoms with E-state index in [0.717, 1.165) is 32.6 Å². The van der Waals surface area contributed by atoms with Crippen molar-refractivity contribution in [2.75, 3.05) is 37.2 Å². The highest BCUT2D eigenvalue weighted by Crippen LogP contribution is 2.20. The molecule has 104 valence electrons. The first-order valence-electron chi connectivity index (χ1n) is 6.46. The van der Waals surface area contributed by atoms with Crippen LogP contribution in [-0.4, -0.2) is 41.0 Å². The zero-order chi connectivity index (χ0) is 13.8. The predicted octanol–water partition coefficient (Wildman–Crippen LogP) is 1.33. The molecule has 1 saturated heterocycles. The van der Waals surface area contributed by atoms with Gasteiger partial charge in [-0.1, -0.05) is 6.92 Å². The number of nitrogen functional groups attached to an aromatic ring is 1. The maximum atomic E-state index is 10.7. The van der Waals surface area contributed by atoms with Gasteiger partial charge in [-0.05, 0) is 25.4 Å². The predicted molar refractivity (Wildman–Crippen MR) is 74.0 cm³/mol. The molecule has 1 aromatic rings. The summed E-state index contributed by atoms with van der Waals surface area (Å²) in [6, 6.07) is 2.68. The molecule has 0 aromatic carbocycles. The molecule has 0 saturated carbocycles. The van der Waals surface area contributed by atoms with Crippen molar-refractivity contribution in [3.63, 3.8) is 0 Å². The van der Waals surface area contributed by atoms with Gasteiger partial charge in [0.05, 0.1) is 17.1 Å². The van der Waals surface area contributed by atoms with Crippen LogP contribution >= 0.6 is 0 Å². The Morgan fingerprint density at radius 3 is 3.05 bits per heavy atom. The molecule has 2 rings (SSSR count). The number of likely N-dealkylation sites (tertiary alicyclic amines) is 1. The second-order valence-corrected chi connectivity index (χ2v) is 4.82. The van der Waals surface area contributed by atoms with Crippen molar-refractivity contribution in [3.8, 4) is 0 Å². The van der Waals surface area contributed by atoms with E-state index in [-0.39, 0.29) is 11.5 Å². The lowest BCUT2D eigenvalue weighted by atomic mass is 10.1. The average Bonchev–Trinajstić information content (AvgIpc) is 2.83. The summed E-state index contributed by atoms with van der Waals surface area (Å²) >= 11 is 0. The van der Waals surface area contributed by atoms with Crippen LogP contribution < -0.4 is 11.1 Å². The van der Waals surface area contributed by atoms with Gasteiger partial charge in [-0.25, -0.2) is 4.98 Å². The Labute approximate surface area is 112 Å². The molecule has 0 bridgehead atoms. The Morgan fingerprint density at radius 1 is 1.63 bits per heavy atom. The quantitative estimate of drug-likeness (QED) is 0.615. The summed E-state index contributed by atoms with van der Waals surface area (Å²) in [6.07, 6.45) is 1.14. The molecular formula is C12H19N5O2. The highest BCUT2D eigenvalue weighted by molar-refractivity contribution is 5.52. The Balaban J connectivity index is 1.94. The molecule has 7 heteroatoms. The molecule has 1 fully saturated rings. The van der Waals surface area contributed by atoms with Crippen LogP contribution in [0, 0.1) is 16.0 Å². The first kappa shape index (κ1) is 13.5. The van der Waals surface area contributed by atoms with Gasteiger partial charge < -0.3 is 16.0 Å². The standard InChI is InChI=1S/C12H19N5O2/c1-2-16-4-3-9(8-16)7-14-12-6-10(17(18)19)5-11(13)15-12/h5-6,9H,2-4,7-8H2,1H3,(H3,13,14,15). The van der Waals surface area contributed by atoms with Crippen molar-refractivity contribution in [3.05, 3.63) is 22.2 Å².